The van der Waals surface area contributed by atoms with E-state index in [0.29, 0.717) is 23.3 Å². The van der Waals surface area contributed by atoms with Gasteiger partial charge in [0.15, 0.2) is 6.29 Å². The van der Waals surface area contributed by atoms with E-state index in [9.17, 15) is 4.79 Å². The largest absolute Gasteiger partial charge is 0.421 e. The Bertz CT molecular complexity index is 1120. The predicted octanol–water partition coefficient (Wildman–Crippen LogP) is 6.61. The van der Waals surface area contributed by atoms with Crippen LogP contribution in [0.4, 0.5) is 0 Å². The summed E-state index contributed by atoms with van der Waals surface area (Å²) in [7, 11) is 0. The zero-order chi connectivity index (χ0) is 20.8. The van der Waals surface area contributed by atoms with E-state index >= 15 is 0 Å². The fourth-order valence-corrected chi connectivity index (χ4v) is 4.02. The number of carbonyl (C=O) groups is 1. The Hall–Kier alpha value is -3.27. The molecule has 0 radical (unpaired) electrons. The Balaban J connectivity index is 1.62. The van der Waals surface area contributed by atoms with Gasteiger partial charge >= 0.3 is 0 Å². The van der Waals surface area contributed by atoms with Crippen molar-refractivity contribution in [3.05, 3.63) is 83.7 Å². The van der Waals surface area contributed by atoms with Crippen LogP contribution in [-0.4, -0.2) is 16.5 Å². The van der Waals surface area contributed by atoms with E-state index in [1.807, 2.05) is 42.5 Å². The van der Waals surface area contributed by atoms with Gasteiger partial charge in [-0.1, -0.05) is 86.8 Å². The Morgan fingerprint density at radius 3 is 2.43 bits per heavy atom. The maximum absolute atomic E-state index is 11.4. The molecule has 0 N–H and O–H groups in total. The lowest BCUT2D eigenvalue weighted by Crippen LogP contribution is -2.03. The second kappa shape index (κ2) is 9.49. The van der Waals surface area contributed by atoms with Crippen molar-refractivity contribution in [1.29, 1.82) is 0 Å². The monoisotopic (exact) mass is 398 g/mol. The van der Waals surface area contributed by atoms with Gasteiger partial charge < -0.3 is 4.42 Å². The van der Waals surface area contributed by atoms with Crippen molar-refractivity contribution < 1.29 is 9.21 Å². The summed E-state index contributed by atoms with van der Waals surface area (Å²) in [5.74, 6) is 1.51. The normalized spacial score (nSPS) is 12.2. The Labute approximate surface area is 177 Å². The third-order valence-electron chi connectivity index (χ3n) is 5.63. The van der Waals surface area contributed by atoms with Crippen molar-refractivity contribution in [2.75, 3.05) is 0 Å². The standard InChI is InChI=1S/C26H26N2O2/c1-2-3-5-12-20(19-10-6-4-7-11-19)17-25-27-28-26(30-25)24-16-15-21(18-29)22-13-8-9-14-23(22)24/h4,6-11,13-16,18,20H,2-3,5,12,17H2,1H3/t20-/m0/s1. The van der Waals surface area contributed by atoms with Crippen LogP contribution in [0.1, 0.15) is 60.3 Å². The van der Waals surface area contributed by atoms with E-state index in [0.717, 1.165) is 35.5 Å². The first-order valence-corrected chi connectivity index (χ1v) is 10.6. The number of rotatable bonds is 9. The maximum atomic E-state index is 11.4. The molecule has 0 fully saturated rings. The molecule has 1 atom stereocenters. The van der Waals surface area contributed by atoms with E-state index in [1.165, 1.54) is 24.8 Å². The first-order valence-electron chi connectivity index (χ1n) is 10.6. The van der Waals surface area contributed by atoms with E-state index < -0.39 is 0 Å². The fraction of sp³-hybridized carbons (Fsp3) is 0.269. The molecule has 4 rings (SSSR count). The van der Waals surface area contributed by atoms with Crippen molar-refractivity contribution in [1.82, 2.24) is 10.2 Å². The molecule has 0 saturated heterocycles. The minimum atomic E-state index is 0.361. The van der Waals surface area contributed by atoms with Crippen LogP contribution < -0.4 is 0 Å². The van der Waals surface area contributed by atoms with Crippen LogP contribution in [0.2, 0.25) is 0 Å². The summed E-state index contributed by atoms with van der Waals surface area (Å²) in [4.78, 5) is 11.4. The molecule has 0 amide bonds. The van der Waals surface area contributed by atoms with Crippen molar-refractivity contribution in [3.8, 4) is 11.5 Å². The zero-order valence-corrected chi connectivity index (χ0v) is 17.3. The van der Waals surface area contributed by atoms with Gasteiger partial charge in [0.25, 0.3) is 0 Å². The molecule has 4 aromatic rings. The lowest BCUT2D eigenvalue weighted by molar-refractivity contribution is 0.112. The molecular weight excluding hydrogens is 372 g/mol. The van der Waals surface area contributed by atoms with Crippen LogP contribution >= 0.6 is 0 Å². The predicted molar refractivity (Wildman–Crippen MR) is 120 cm³/mol. The molecule has 0 aliphatic heterocycles. The minimum absolute atomic E-state index is 0.361. The summed E-state index contributed by atoms with van der Waals surface area (Å²) in [5, 5.41) is 10.5. The SMILES string of the molecule is CCCCC[C@@H](Cc1nnc(-c2ccc(C=O)c3ccccc23)o1)c1ccccc1. The molecule has 30 heavy (non-hydrogen) atoms. The third kappa shape index (κ3) is 4.33. The van der Waals surface area contributed by atoms with Gasteiger partial charge in [0.2, 0.25) is 11.8 Å². The van der Waals surface area contributed by atoms with E-state index in [2.05, 4.69) is 41.4 Å². The lowest BCUT2D eigenvalue weighted by Gasteiger charge is -2.15. The van der Waals surface area contributed by atoms with Gasteiger partial charge in [-0.3, -0.25) is 4.79 Å². The average molecular weight is 399 g/mol. The summed E-state index contributed by atoms with van der Waals surface area (Å²) in [5.41, 5.74) is 2.83. The van der Waals surface area contributed by atoms with Gasteiger partial charge in [0.1, 0.15) is 0 Å². The van der Waals surface area contributed by atoms with Gasteiger partial charge in [-0.15, -0.1) is 10.2 Å². The van der Waals surface area contributed by atoms with Crippen molar-refractivity contribution in [3.63, 3.8) is 0 Å². The van der Waals surface area contributed by atoms with Gasteiger partial charge in [-0.25, -0.2) is 0 Å². The van der Waals surface area contributed by atoms with Crippen LogP contribution in [-0.2, 0) is 6.42 Å². The smallest absolute Gasteiger partial charge is 0.248 e. The van der Waals surface area contributed by atoms with E-state index in [1.54, 1.807) is 0 Å². The summed E-state index contributed by atoms with van der Waals surface area (Å²) >= 11 is 0. The second-order valence-electron chi connectivity index (χ2n) is 7.67. The highest BCUT2D eigenvalue weighted by molar-refractivity contribution is 6.04. The molecule has 0 spiro atoms. The maximum Gasteiger partial charge on any atom is 0.248 e. The molecule has 0 aliphatic carbocycles. The van der Waals surface area contributed by atoms with Crippen LogP contribution in [0.5, 0.6) is 0 Å². The molecule has 1 heterocycles. The Morgan fingerprint density at radius 1 is 0.900 bits per heavy atom. The third-order valence-corrected chi connectivity index (χ3v) is 5.63. The molecule has 0 aliphatic rings. The first-order chi connectivity index (χ1) is 14.8. The first kappa shape index (κ1) is 20.0. The zero-order valence-electron chi connectivity index (χ0n) is 17.3. The molecule has 152 valence electrons. The quantitative estimate of drug-likeness (QED) is 0.235. The molecule has 0 saturated carbocycles. The van der Waals surface area contributed by atoms with Gasteiger partial charge in [-0.05, 0) is 34.7 Å². The fourth-order valence-electron chi connectivity index (χ4n) is 4.02. The Morgan fingerprint density at radius 2 is 1.67 bits per heavy atom. The van der Waals surface area contributed by atoms with Crippen molar-refractivity contribution in [2.45, 2.75) is 44.9 Å². The number of carbonyl (C=O) groups excluding carboxylic acids is 1. The molecule has 0 bridgehead atoms. The number of benzene rings is 3. The highest BCUT2D eigenvalue weighted by Gasteiger charge is 2.18. The summed E-state index contributed by atoms with van der Waals surface area (Å²) in [6, 6.07) is 22.1. The molecule has 4 nitrogen and oxygen atoms in total. The summed E-state index contributed by atoms with van der Waals surface area (Å²) < 4.78 is 6.10. The topological polar surface area (TPSA) is 56.0 Å². The Kier molecular flexibility index (Phi) is 6.33. The van der Waals surface area contributed by atoms with Crippen LogP contribution in [0.25, 0.3) is 22.2 Å². The highest BCUT2D eigenvalue weighted by Crippen LogP contribution is 2.31. The van der Waals surface area contributed by atoms with Gasteiger partial charge in [-0.2, -0.15) is 0 Å². The molecular formula is C26H26N2O2. The van der Waals surface area contributed by atoms with Gasteiger partial charge in [0.05, 0.1) is 0 Å². The average Bonchev–Trinajstić information content (AvgIpc) is 3.26. The number of hydrogen-bond donors (Lipinski definition) is 0. The van der Waals surface area contributed by atoms with E-state index in [4.69, 9.17) is 4.42 Å². The second-order valence-corrected chi connectivity index (χ2v) is 7.67. The lowest BCUT2D eigenvalue weighted by atomic mass is 9.90. The summed E-state index contributed by atoms with van der Waals surface area (Å²) in [6.45, 7) is 2.22. The summed E-state index contributed by atoms with van der Waals surface area (Å²) in [6.07, 6.45) is 6.34. The number of aldehydes is 1. The number of unbranched alkanes of at least 4 members (excludes halogenated alkanes) is 2. The van der Waals surface area contributed by atoms with Crippen molar-refractivity contribution in [2.24, 2.45) is 0 Å². The van der Waals surface area contributed by atoms with Crippen LogP contribution in [0.3, 0.4) is 0 Å². The number of fused-ring (bicyclic) bond motifs is 1. The van der Waals surface area contributed by atoms with Crippen molar-refractivity contribution >= 4 is 17.1 Å². The number of nitrogens with zero attached hydrogens (tertiary/aromatic N) is 2. The molecule has 4 heteroatoms. The van der Waals surface area contributed by atoms with Crippen LogP contribution in [0, 0.1) is 0 Å². The van der Waals surface area contributed by atoms with Crippen LogP contribution in [0.15, 0.2) is 71.1 Å². The minimum Gasteiger partial charge on any atom is -0.421 e. The molecule has 0 unspecified atom stereocenters. The number of aromatic nitrogens is 2. The van der Waals surface area contributed by atoms with Gasteiger partial charge in [0, 0.05) is 17.5 Å². The number of hydrogen-bond acceptors (Lipinski definition) is 4. The van der Waals surface area contributed by atoms with E-state index in [-0.39, 0.29) is 0 Å². The molecule has 3 aromatic carbocycles. The highest BCUT2D eigenvalue weighted by atomic mass is 16.4. The molecule has 1 aromatic heterocycles.